The average Bonchev–Trinajstić information content (AvgIpc) is 2.07. The van der Waals surface area contributed by atoms with Crippen LogP contribution in [0, 0.1) is 0 Å². The highest BCUT2D eigenvalue weighted by Crippen LogP contribution is 1.92. The number of nitrogens with zero attached hydrogens (tertiary/aromatic N) is 2. The SMILES string of the molecule is NCCCNc1ncccn1. The second kappa shape index (κ2) is 4.62. The zero-order chi connectivity index (χ0) is 7.94. The van der Waals surface area contributed by atoms with E-state index in [1.807, 2.05) is 0 Å². The number of hydrogen-bond acceptors (Lipinski definition) is 4. The quantitative estimate of drug-likeness (QED) is 0.606. The molecule has 1 aromatic heterocycles. The van der Waals surface area contributed by atoms with E-state index in [1.54, 1.807) is 18.5 Å². The van der Waals surface area contributed by atoms with E-state index in [-0.39, 0.29) is 0 Å². The molecule has 0 fully saturated rings. The molecule has 0 bridgehead atoms. The summed E-state index contributed by atoms with van der Waals surface area (Å²) in [5.41, 5.74) is 5.31. The van der Waals surface area contributed by atoms with Crippen molar-refractivity contribution in [3.8, 4) is 0 Å². The molecule has 0 saturated carbocycles. The first-order chi connectivity index (χ1) is 5.43. The van der Waals surface area contributed by atoms with E-state index in [0.717, 1.165) is 13.0 Å². The van der Waals surface area contributed by atoms with Crippen molar-refractivity contribution in [2.75, 3.05) is 18.4 Å². The molecule has 0 aliphatic rings. The van der Waals surface area contributed by atoms with E-state index in [0.29, 0.717) is 12.5 Å². The van der Waals surface area contributed by atoms with Gasteiger partial charge in [0.15, 0.2) is 0 Å². The van der Waals surface area contributed by atoms with Crippen molar-refractivity contribution in [3.63, 3.8) is 0 Å². The summed E-state index contributed by atoms with van der Waals surface area (Å²) in [6.07, 6.45) is 4.35. The molecule has 1 heterocycles. The lowest BCUT2D eigenvalue weighted by molar-refractivity contribution is 0.864. The number of nitrogens with two attached hydrogens (primary N) is 1. The Morgan fingerprint density at radius 2 is 2.09 bits per heavy atom. The molecule has 0 spiro atoms. The minimum atomic E-state index is 0.668. The van der Waals surface area contributed by atoms with E-state index in [4.69, 9.17) is 5.73 Å². The van der Waals surface area contributed by atoms with Crippen LogP contribution in [0.1, 0.15) is 6.42 Å². The zero-order valence-electron chi connectivity index (χ0n) is 6.33. The molecule has 1 aromatic rings. The average molecular weight is 152 g/mol. The smallest absolute Gasteiger partial charge is 0.222 e. The third-order valence-corrected chi connectivity index (χ3v) is 1.23. The van der Waals surface area contributed by atoms with Crippen molar-refractivity contribution >= 4 is 5.95 Å². The van der Waals surface area contributed by atoms with Crippen LogP contribution in [0.2, 0.25) is 0 Å². The summed E-state index contributed by atoms with van der Waals surface area (Å²) in [5.74, 6) is 0.668. The Bertz CT molecular complexity index is 187. The summed E-state index contributed by atoms with van der Waals surface area (Å²) in [4.78, 5) is 7.98. The fourth-order valence-electron chi connectivity index (χ4n) is 0.693. The molecular formula is C7H12N4. The summed E-state index contributed by atoms with van der Waals surface area (Å²) in [6, 6.07) is 1.79. The lowest BCUT2D eigenvalue weighted by Gasteiger charge is -2.00. The summed E-state index contributed by atoms with van der Waals surface area (Å²) >= 11 is 0. The van der Waals surface area contributed by atoms with Crippen molar-refractivity contribution in [1.82, 2.24) is 9.97 Å². The third-order valence-electron chi connectivity index (χ3n) is 1.23. The highest BCUT2D eigenvalue weighted by Gasteiger charge is 1.89. The molecule has 4 heteroatoms. The molecule has 0 aromatic carbocycles. The fourth-order valence-corrected chi connectivity index (χ4v) is 0.693. The van der Waals surface area contributed by atoms with Crippen LogP contribution in [-0.2, 0) is 0 Å². The van der Waals surface area contributed by atoms with Crippen LogP contribution in [0.4, 0.5) is 5.95 Å². The molecule has 0 atom stereocenters. The van der Waals surface area contributed by atoms with Crippen molar-refractivity contribution < 1.29 is 0 Å². The van der Waals surface area contributed by atoms with Gasteiger partial charge in [0.2, 0.25) is 5.95 Å². The largest absolute Gasteiger partial charge is 0.354 e. The van der Waals surface area contributed by atoms with Crippen LogP contribution >= 0.6 is 0 Å². The molecule has 11 heavy (non-hydrogen) atoms. The van der Waals surface area contributed by atoms with E-state index in [9.17, 15) is 0 Å². The number of hydrogen-bond donors (Lipinski definition) is 2. The molecule has 0 unspecified atom stereocenters. The van der Waals surface area contributed by atoms with Gasteiger partial charge in [-0.1, -0.05) is 0 Å². The molecule has 0 saturated heterocycles. The monoisotopic (exact) mass is 152 g/mol. The lowest BCUT2D eigenvalue weighted by atomic mass is 10.4. The van der Waals surface area contributed by atoms with Gasteiger partial charge in [0, 0.05) is 18.9 Å². The van der Waals surface area contributed by atoms with E-state index in [2.05, 4.69) is 15.3 Å². The maximum atomic E-state index is 5.31. The van der Waals surface area contributed by atoms with Crippen molar-refractivity contribution in [2.24, 2.45) is 5.73 Å². The van der Waals surface area contributed by atoms with E-state index >= 15 is 0 Å². The van der Waals surface area contributed by atoms with Gasteiger partial charge >= 0.3 is 0 Å². The lowest BCUT2D eigenvalue weighted by Crippen LogP contribution is -2.09. The second-order valence-electron chi connectivity index (χ2n) is 2.14. The van der Waals surface area contributed by atoms with Gasteiger partial charge in [0.25, 0.3) is 0 Å². The number of nitrogens with one attached hydrogen (secondary N) is 1. The minimum Gasteiger partial charge on any atom is -0.354 e. The second-order valence-corrected chi connectivity index (χ2v) is 2.14. The van der Waals surface area contributed by atoms with Gasteiger partial charge in [0.1, 0.15) is 0 Å². The zero-order valence-corrected chi connectivity index (χ0v) is 6.33. The molecule has 0 amide bonds. The summed E-state index contributed by atoms with van der Waals surface area (Å²) in [7, 11) is 0. The highest BCUT2D eigenvalue weighted by atomic mass is 15.1. The molecule has 0 radical (unpaired) electrons. The first kappa shape index (κ1) is 7.94. The number of anilines is 1. The number of aromatic nitrogens is 2. The number of rotatable bonds is 4. The summed E-state index contributed by atoms with van der Waals surface area (Å²) in [6.45, 7) is 1.53. The van der Waals surface area contributed by atoms with E-state index in [1.165, 1.54) is 0 Å². The van der Waals surface area contributed by atoms with Crippen molar-refractivity contribution in [2.45, 2.75) is 6.42 Å². The third kappa shape index (κ3) is 2.95. The Morgan fingerprint density at radius 3 is 2.73 bits per heavy atom. The van der Waals surface area contributed by atoms with Gasteiger partial charge < -0.3 is 11.1 Å². The Kier molecular flexibility index (Phi) is 3.34. The van der Waals surface area contributed by atoms with Gasteiger partial charge in [-0.2, -0.15) is 0 Å². The van der Waals surface area contributed by atoms with Crippen LogP contribution in [0.15, 0.2) is 18.5 Å². The van der Waals surface area contributed by atoms with Gasteiger partial charge in [-0.15, -0.1) is 0 Å². The first-order valence-electron chi connectivity index (χ1n) is 3.64. The Labute approximate surface area is 65.9 Å². The standard InChI is InChI=1S/C7H12N4/c8-3-1-4-9-7-10-5-2-6-11-7/h2,5-6H,1,3-4,8H2,(H,9,10,11). The predicted molar refractivity (Wildman–Crippen MR) is 44.2 cm³/mol. The Morgan fingerprint density at radius 1 is 1.36 bits per heavy atom. The van der Waals surface area contributed by atoms with Crippen LogP contribution in [0.5, 0.6) is 0 Å². The maximum absolute atomic E-state index is 5.31. The molecule has 0 aliphatic carbocycles. The summed E-state index contributed by atoms with van der Waals surface area (Å²) < 4.78 is 0. The topological polar surface area (TPSA) is 63.8 Å². The van der Waals surface area contributed by atoms with Crippen molar-refractivity contribution in [1.29, 1.82) is 0 Å². The predicted octanol–water partition coefficient (Wildman–Crippen LogP) is 0.237. The molecule has 3 N–H and O–H groups in total. The Balaban J connectivity index is 2.28. The summed E-state index contributed by atoms with van der Waals surface area (Å²) in [5, 5.41) is 3.04. The van der Waals surface area contributed by atoms with Crippen LogP contribution in [0.3, 0.4) is 0 Å². The first-order valence-corrected chi connectivity index (χ1v) is 3.64. The maximum Gasteiger partial charge on any atom is 0.222 e. The van der Waals surface area contributed by atoms with Gasteiger partial charge in [-0.05, 0) is 19.0 Å². The van der Waals surface area contributed by atoms with Crippen LogP contribution in [-0.4, -0.2) is 23.1 Å². The van der Waals surface area contributed by atoms with Gasteiger partial charge in [0.05, 0.1) is 0 Å². The normalized spacial score (nSPS) is 9.55. The molecular weight excluding hydrogens is 140 g/mol. The van der Waals surface area contributed by atoms with E-state index < -0.39 is 0 Å². The fraction of sp³-hybridized carbons (Fsp3) is 0.429. The Hall–Kier alpha value is -1.16. The molecule has 60 valence electrons. The van der Waals surface area contributed by atoms with Gasteiger partial charge in [-0.3, -0.25) is 0 Å². The van der Waals surface area contributed by atoms with Crippen molar-refractivity contribution in [3.05, 3.63) is 18.5 Å². The van der Waals surface area contributed by atoms with Gasteiger partial charge in [-0.25, -0.2) is 9.97 Å². The minimum absolute atomic E-state index is 0.668. The highest BCUT2D eigenvalue weighted by molar-refractivity contribution is 5.21. The molecule has 4 nitrogen and oxygen atoms in total. The molecule has 1 rings (SSSR count). The van der Waals surface area contributed by atoms with Crippen LogP contribution in [0.25, 0.3) is 0 Å². The van der Waals surface area contributed by atoms with Crippen LogP contribution < -0.4 is 11.1 Å². The molecule has 0 aliphatic heterocycles.